The SMILES string of the molecule is Cc1ccc(C(C)NCc2cc(C#N)n(C)c2)o1. The van der Waals surface area contributed by atoms with Crippen LogP contribution in [0.4, 0.5) is 0 Å². The summed E-state index contributed by atoms with van der Waals surface area (Å²) in [6, 6.07) is 8.15. The molecule has 0 aliphatic rings. The average Bonchev–Trinajstić information content (AvgIpc) is 2.92. The second-order valence-electron chi connectivity index (χ2n) is 4.51. The highest BCUT2D eigenvalue weighted by molar-refractivity contribution is 5.28. The van der Waals surface area contributed by atoms with Crippen molar-refractivity contribution in [3.63, 3.8) is 0 Å². The zero-order chi connectivity index (χ0) is 13.1. The summed E-state index contributed by atoms with van der Waals surface area (Å²) in [6.07, 6.45) is 1.96. The molecule has 4 nitrogen and oxygen atoms in total. The fourth-order valence-electron chi connectivity index (χ4n) is 1.90. The molecule has 0 saturated carbocycles. The van der Waals surface area contributed by atoms with Crippen molar-refractivity contribution in [3.8, 4) is 6.07 Å². The van der Waals surface area contributed by atoms with Crippen LogP contribution in [0.3, 0.4) is 0 Å². The van der Waals surface area contributed by atoms with Crippen LogP contribution in [-0.2, 0) is 13.6 Å². The molecule has 1 unspecified atom stereocenters. The second kappa shape index (κ2) is 5.11. The first-order valence-corrected chi connectivity index (χ1v) is 5.95. The number of hydrogen-bond donors (Lipinski definition) is 1. The highest BCUT2D eigenvalue weighted by Gasteiger charge is 2.09. The van der Waals surface area contributed by atoms with Gasteiger partial charge in [0, 0.05) is 19.8 Å². The van der Waals surface area contributed by atoms with Crippen LogP contribution in [0, 0.1) is 18.3 Å². The molecule has 0 aliphatic carbocycles. The zero-order valence-corrected chi connectivity index (χ0v) is 10.9. The number of aromatic nitrogens is 1. The van der Waals surface area contributed by atoms with E-state index in [1.807, 2.05) is 42.9 Å². The Bertz CT molecular complexity index is 574. The maximum atomic E-state index is 8.88. The predicted molar refractivity (Wildman–Crippen MR) is 68.8 cm³/mol. The van der Waals surface area contributed by atoms with Gasteiger partial charge in [-0.3, -0.25) is 0 Å². The summed E-state index contributed by atoms with van der Waals surface area (Å²) >= 11 is 0. The first kappa shape index (κ1) is 12.5. The molecule has 2 heterocycles. The third-order valence-electron chi connectivity index (χ3n) is 2.98. The second-order valence-corrected chi connectivity index (χ2v) is 4.51. The van der Waals surface area contributed by atoms with E-state index in [0.717, 1.165) is 23.6 Å². The normalized spacial score (nSPS) is 12.3. The Hall–Kier alpha value is -1.99. The van der Waals surface area contributed by atoms with Crippen molar-refractivity contribution in [1.29, 1.82) is 5.26 Å². The van der Waals surface area contributed by atoms with Crippen LogP contribution < -0.4 is 5.32 Å². The molecule has 0 bridgehead atoms. The summed E-state index contributed by atoms with van der Waals surface area (Å²) in [6.45, 7) is 4.72. The van der Waals surface area contributed by atoms with Gasteiger partial charge in [0.1, 0.15) is 23.3 Å². The Labute approximate surface area is 107 Å². The lowest BCUT2D eigenvalue weighted by atomic mass is 10.2. The minimum absolute atomic E-state index is 0.157. The Morgan fingerprint density at radius 1 is 1.50 bits per heavy atom. The summed E-state index contributed by atoms with van der Waals surface area (Å²) in [5, 5.41) is 12.3. The minimum atomic E-state index is 0.157. The van der Waals surface area contributed by atoms with Crippen molar-refractivity contribution in [1.82, 2.24) is 9.88 Å². The third kappa shape index (κ3) is 2.63. The Morgan fingerprint density at radius 2 is 2.28 bits per heavy atom. The van der Waals surface area contributed by atoms with Crippen molar-refractivity contribution in [3.05, 3.63) is 47.2 Å². The Kier molecular flexibility index (Phi) is 3.54. The van der Waals surface area contributed by atoms with E-state index >= 15 is 0 Å². The van der Waals surface area contributed by atoms with Gasteiger partial charge in [0.15, 0.2) is 0 Å². The number of nitriles is 1. The Morgan fingerprint density at radius 3 is 2.83 bits per heavy atom. The van der Waals surface area contributed by atoms with Crippen molar-refractivity contribution in [2.75, 3.05) is 0 Å². The first-order valence-electron chi connectivity index (χ1n) is 5.95. The lowest BCUT2D eigenvalue weighted by molar-refractivity contribution is 0.416. The van der Waals surface area contributed by atoms with Crippen LogP contribution in [0.2, 0.25) is 0 Å². The number of nitrogens with zero attached hydrogens (tertiary/aromatic N) is 2. The van der Waals surface area contributed by atoms with Gasteiger partial charge in [-0.1, -0.05) is 0 Å². The third-order valence-corrected chi connectivity index (χ3v) is 2.98. The van der Waals surface area contributed by atoms with E-state index in [0.29, 0.717) is 5.69 Å². The summed E-state index contributed by atoms with van der Waals surface area (Å²) in [5.74, 6) is 1.86. The molecule has 0 amide bonds. The quantitative estimate of drug-likeness (QED) is 0.898. The molecule has 2 aromatic heterocycles. The van der Waals surface area contributed by atoms with E-state index in [2.05, 4.69) is 18.3 Å². The summed E-state index contributed by atoms with van der Waals surface area (Å²) < 4.78 is 7.40. The standard InChI is InChI=1S/C14H17N3O/c1-10-4-5-14(18-10)11(2)16-8-12-6-13(7-15)17(3)9-12/h4-6,9,11,16H,8H2,1-3H3. The van der Waals surface area contributed by atoms with Crippen LogP contribution in [0.5, 0.6) is 0 Å². The summed E-state index contributed by atoms with van der Waals surface area (Å²) in [7, 11) is 1.88. The van der Waals surface area contributed by atoms with Crippen molar-refractivity contribution < 1.29 is 4.42 Å². The van der Waals surface area contributed by atoms with Crippen LogP contribution in [0.15, 0.2) is 28.8 Å². The Balaban J connectivity index is 1.97. The number of hydrogen-bond acceptors (Lipinski definition) is 3. The number of nitrogens with one attached hydrogen (secondary N) is 1. The first-order chi connectivity index (χ1) is 8.60. The fraction of sp³-hybridized carbons (Fsp3) is 0.357. The van der Waals surface area contributed by atoms with Gasteiger partial charge in [0.05, 0.1) is 6.04 Å². The van der Waals surface area contributed by atoms with Gasteiger partial charge in [-0.05, 0) is 37.6 Å². The van der Waals surface area contributed by atoms with E-state index in [-0.39, 0.29) is 6.04 Å². The van der Waals surface area contributed by atoms with Crippen LogP contribution >= 0.6 is 0 Å². The average molecular weight is 243 g/mol. The maximum absolute atomic E-state index is 8.88. The van der Waals surface area contributed by atoms with Crippen molar-refractivity contribution in [2.45, 2.75) is 26.4 Å². The molecule has 0 aromatic carbocycles. The molecular weight excluding hydrogens is 226 g/mol. The van der Waals surface area contributed by atoms with E-state index in [9.17, 15) is 0 Å². The maximum Gasteiger partial charge on any atom is 0.120 e. The molecule has 94 valence electrons. The largest absolute Gasteiger partial charge is 0.465 e. The minimum Gasteiger partial charge on any atom is -0.465 e. The van der Waals surface area contributed by atoms with Gasteiger partial charge < -0.3 is 14.3 Å². The van der Waals surface area contributed by atoms with E-state index in [1.54, 1.807) is 0 Å². The highest BCUT2D eigenvalue weighted by Crippen LogP contribution is 2.16. The van der Waals surface area contributed by atoms with Crippen molar-refractivity contribution >= 4 is 0 Å². The predicted octanol–water partition coefficient (Wildman–Crippen LogP) is 2.65. The molecular formula is C14H17N3O. The van der Waals surface area contributed by atoms with Gasteiger partial charge in [0.2, 0.25) is 0 Å². The molecule has 0 saturated heterocycles. The van der Waals surface area contributed by atoms with Gasteiger partial charge in [-0.2, -0.15) is 5.26 Å². The number of rotatable bonds is 4. The number of furan rings is 1. The molecule has 0 fully saturated rings. The molecule has 0 radical (unpaired) electrons. The van der Waals surface area contributed by atoms with E-state index in [1.165, 1.54) is 0 Å². The molecule has 0 spiro atoms. The van der Waals surface area contributed by atoms with Crippen LogP contribution in [0.25, 0.3) is 0 Å². The van der Waals surface area contributed by atoms with Gasteiger partial charge in [-0.15, -0.1) is 0 Å². The fourth-order valence-corrected chi connectivity index (χ4v) is 1.90. The van der Waals surface area contributed by atoms with Gasteiger partial charge >= 0.3 is 0 Å². The van der Waals surface area contributed by atoms with Crippen molar-refractivity contribution in [2.24, 2.45) is 7.05 Å². The van der Waals surface area contributed by atoms with E-state index < -0.39 is 0 Å². The zero-order valence-electron chi connectivity index (χ0n) is 10.9. The molecule has 2 rings (SSSR count). The molecule has 1 N–H and O–H groups in total. The highest BCUT2D eigenvalue weighted by atomic mass is 16.3. The number of aryl methyl sites for hydroxylation is 2. The molecule has 0 aliphatic heterocycles. The topological polar surface area (TPSA) is 53.9 Å². The molecule has 4 heteroatoms. The summed E-state index contributed by atoms with van der Waals surface area (Å²) in [4.78, 5) is 0. The van der Waals surface area contributed by atoms with E-state index in [4.69, 9.17) is 9.68 Å². The van der Waals surface area contributed by atoms with Gasteiger partial charge in [0.25, 0.3) is 0 Å². The molecule has 2 aromatic rings. The lowest BCUT2D eigenvalue weighted by Gasteiger charge is -2.10. The summed E-state index contributed by atoms with van der Waals surface area (Å²) in [5.41, 5.74) is 1.78. The monoisotopic (exact) mass is 243 g/mol. The van der Waals surface area contributed by atoms with Crippen LogP contribution in [-0.4, -0.2) is 4.57 Å². The molecule has 1 atom stereocenters. The van der Waals surface area contributed by atoms with Gasteiger partial charge in [-0.25, -0.2) is 0 Å². The molecule has 18 heavy (non-hydrogen) atoms. The smallest absolute Gasteiger partial charge is 0.120 e. The van der Waals surface area contributed by atoms with Crippen LogP contribution in [0.1, 0.15) is 35.7 Å². The lowest BCUT2D eigenvalue weighted by Crippen LogP contribution is -2.17.